The van der Waals surface area contributed by atoms with Crippen LogP contribution in [0.3, 0.4) is 0 Å². The molecule has 1 aliphatic rings. The van der Waals surface area contributed by atoms with Crippen LogP contribution in [0.5, 0.6) is 0 Å². The average Bonchev–Trinajstić information content (AvgIpc) is 2.62. The number of nitrogens with zero attached hydrogens (tertiary/aromatic N) is 2. The molecule has 0 bridgehead atoms. The Kier molecular flexibility index (Phi) is 4.57. The second-order valence-corrected chi connectivity index (χ2v) is 6.01. The van der Waals surface area contributed by atoms with Gasteiger partial charge in [-0.15, -0.1) is 0 Å². The number of rotatable bonds is 3. The van der Waals surface area contributed by atoms with Gasteiger partial charge in [0.1, 0.15) is 0 Å². The van der Waals surface area contributed by atoms with E-state index in [0.29, 0.717) is 29.9 Å². The lowest BCUT2D eigenvalue weighted by Crippen LogP contribution is -2.42. The highest BCUT2D eigenvalue weighted by Crippen LogP contribution is 2.20. The van der Waals surface area contributed by atoms with E-state index in [2.05, 4.69) is 4.98 Å². The van der Waals surface area contributed by atoms with Crippen LogP contribution in [0.1, 0.15) is 33.6 Å². The molecule has 24 heavy (non-hydrogen) atoms. The molecule has 0 radical (unpaired) electrons. The van der Waals surface area contributed by atoms with E-state index >= 15 is 0 Å². The molecular formula is C18H20N4O2. The molecule has 2 heterocycles. The van der Waals surface area contributed by atoms with Gasteiger partial charge in [-0.25, -0.2) is 0 Å². The second-order valence-electron chi connectivity index (χ2n) is 6.01. The smallest absolute Gasteiger partial charge is 0.253 e. The minimum absolute atomic E-state index is 0.0116. The van der Waals surface area contributed by atoms with Gasteiger partial charge < -0.3 is 16.4 Å². The molecule has 6 heteroatoms. The van der Waals surface area contributed by atoms with Crippen LogP contribution in [0, 0.1) is 0 Å². The lowest BCUT2D eigenvalue weighted by atomic mass is 10.0. The fourth-order valence-corrected chi connectivity index (χ4v) is 2.81. The van der Waals surface area contributed by atoms with Crippen molar-refractivity contribution in [3.63, 3.8) is 0 Å². The lowest BCUT2D eigenvalue weighted by molar-refractivity contribution is 0.0714. The van der Waals surface area contributed by atoms with Gasteiger partial charge in [-0.1, -0.05) is 12.1 Å². The number of benzene rings is 1. The number of pyridine rings is 1. The van der Waals surface area contributed by atoms with E-state index in [-0.39, 0.29) is 11.9 Å². The summed E-state index contributed by atoms with van der Waals surface area (Å²) in [5, 5.41) is 0. The molecule has 124 valence electrons. The van der Waals surface area contributed by atoms with E-state index in [1.165, 1.54) is 6.20 Å². The van der Waals surface area contributed by atoms with Crippen molar-refractivity contribution in [2.24, 2.45) is 11.5 Å². The Balaban J connectivity index is 1.81. The van der Waals surface area contributed by atoms with Crippen LogP contribution < -0.4 is 11.5 Å². The molecule has 1 aromatic carbocycles. The molecule has 1 fully saturated rings. The van der Waals surface area contributed by atoms with Crippen molar-refractivity contribution in [3.8, 4) is 11.3 Å². The summed E-state index contributed by atoms with van der Waals surface area (Å²) >= 11 is 0. The molecule has 2 amide bonds. The number of amides is 2. The summed E-state index contributed by atoms with van der Waals surface area (Å²) in [4.78, 5) is 29.8. The summed E-state index contributed by atoms with van der Waals surface area (Å²) in [6.45, 7) is 1.38. The summed E-state index contributed by atoms with van der Waals surface area (Å²) in [7, 11) is 0. The zero-order valence-electron chi connectivity index (χ0n) is 13.3. The van der Waals surface area contributed by atoms with Gasteiger partial charge in [0.15, 0.2) is 0 Å². The number of carbonyl (C=O) groups is 2. The Morgan fingerprint density at radius 2 is 1.83 bits per heavy atom. The van der Waals surface area contributed by atoms with Crippen LogP contribution in [-0.2, 0) is 0 Å². The summed E-state index contributed by atoms with van der Waals surface area (Å²) in [5.74, 6) is -0.501. The van der Waals surface area contributed by atoms with Crippen molar-refractivity contribution in [2.45, 2.75) is 18.9 Å². The molecular weight excluding hydrogens is 304 g/mol. The molecule has 0 unspecified atom stereocenters. The highest BCUT2D eigenvalue weighted by Gasteiger charge is 2.21. The van der Waals surface area contributed by atoms with Crippen molar-refractivity contribution in [2.75, 3.05) is 13.1 Å². The molecule has 1 aromatic heterocycles. The van der Waals surface area contributed by atoms with Crippen LogP contribution in [0.2, 0.25) is 0 Å². The maximum absolute atomic E-state index is 12.6. The van der Waals surface area contributed by atoms with Crippen molar-refractivity contribution in [3.05, 3.63) is 53.7 Å². The molecule has 6 nitrogen and oxygen atoms in total. The minimum Gasteiger partial charge on any atom is -0.366 e. The van der Waals surface area contributed by atoms with Gasteiger partial charge >= 0.3 is 0 Å². The number of aromatic nitrogens is 1. The molecule has 1 saturated heterocycles. The topological polar surface area (TPSA) is 102 Å². The standard InChI is InChI=1S/C18H20N4O2/c19-15-6-8-22(9-7-15)18(24)13-3-1-2-12(10-13)16-5-4-14(11-21-16)17(20)23/h1-5,10-11,15H,6-9,19H2,(H2,20,23). The average molecular weight is 324 g/mol. The Morgan fingerprint density at radius 1 is 1.08 bits per heavy atom. The van der Waals surface area contributed by atoms with Crippen molar-refractivity contribution >= 4 is 11.8 Å². The zero-order chi connectivity index (χ0) is 17.1. The molecule has 3 rings (SSSR count). The quantitative estimate of drug-likeness (QED) is 0.891. The number of likely N-dealkylation sites (tertiary alicyclic amines) is 1. The monoisotopic (exact) mass is 324 g/mol. The maximum atomic E-state index is 12.6. The van der Waals surface area contributed by atoms with E-state index in [1.807, 2.05) is 23.1 Å². The third-order valence-corrected chi connectivity index (χ3v) is 4.28. The normalized spacial score (nSPS) is 15.3. The van der Waals surface area contributed by atoms with Crippen LogP contribution in [0.4, 0.5) is 0 Å². The second kappa shape index (κ2) is 6.80. The summed E-state index contributed by atoms with van der Waals surface area (Å²) in [6, 6.07) is 10.9. The Labute approximate surface area is 140 Å². The number of primary amides is 1. The molecule has 4 N–H and O–H groups in total. The van der Waals surface area contributed by atoms with Gasteiger partial charge in [0.05, 0.1) is 11.3 Å². The Morgan fingerprint density at radius 3 is 2.46 bits per heavy atom. The van der Waals surface area contributed by atoms with Gasteiger partial charge in [-0.2, -0.15) is 0 Å². The van der Waals surface area contributed by atoms with Gasteiger partial charge in [-0.3, -0.25) is 14.6 Å². The SMILES string of the molecule is NC(=O)c1ccc(-c2cccc(C(=O)N3CCC(N)CC3)c2)nc1. The fourth-order valence-electron chi connectivity index (χ4n) is 2.81. The van der Waals surface area contributed by atoms with E-state index in [4.69, 9.17) is 11.5 Å². The minimum atomic E-state index is -0.513. The fraction of sp³-hybridized carbons (Fsp3) is 0.278. The van der Waals surface area contributed by atoms with E-state index in [0.717, 1.165) is 18.4 Å². The number of hydrogen-bond acceptors (Lipinski definition) is 4. The van der Waals surface area contributed by atoms with Crippen LogP contribution in [0.15, 0.2) is 42.6 Å². The third-order valence-electron chi connectivity index (χ3n) is 4.28. The first-order valence-corrected chi connectivity index (χ1v) is 7.96. The molecule has 0 aliphatic carbocycles. The van der Waals surface area contributed by atoms with Crippen molar-refractivity contribution in [1.82, 2.24) is 9.88 Å². The predicted octanol–water partition coefficient (Wildman–Crippen LogP) is 1.41. The van der Waals surface area contributed by atoms with Gasteiger partial charge in [-0.05, 0) is 37.1 Å². The number of nitrogens with two attached hydrogens (primary N) is 2. The zero-order valence-corrected chi connectivity index (χ0v) is 13.3. The lowest BCUT2D eigenvalue weighted by Gasteiger charge is -2.30. The molecule has 2 aromatic rings. The molecule has 0 atom stereocenters. The first-order chi connectivity index (χ1) is 11.5. The van der Waals surface area contributed by atoms with Crippen LogP contribution in [-0.4, -0.2) is 40.8 Å². The first kappa shape index (κ1) is 16.1. The van der Waals surface area contributed by atoms with Crippen LogP contribution >= 0.6 is 0 Å². The van der Waals surface area contributed by atoms with Gasteiger partial charge in [0.25, 0.3) is 5.91 Å². The summed E-state index contributed by atoms with van der Waals surface area (Å²) in [5.41, 5.74) is 13.6. The predicted molar refractivity (Wildman–Crippen MR) is 91.3 cm³/mol. The van der Waals surface area contributed by atoms with Gasteiger partial charge in [0, 0.05) is 36.5 Å². The number of piperidine rings is 1. The first-order valence-electron chi connectivity index (χ1n) is 7.96. The Bertz CT molecular complexity index is 750. The molecule has 0 spiro atoms. The maximum Gasteiger partial charge on any atom is 0.253 e. The van der Waals surface area contributed by atoms with Crippen LogP contribution in [0.25, 0.3) is 11.3 Å². The largest absolute Gasteiger partial charge is 0.366 e. The highest BCUT2D eigenvalue weighted by molar-refractivity contribution is 5.95. The Hall–Kier alpha value is -2.73. The third kappa shape index (κ3) is 3.44. The molecule has 0 saturated carbocycles. The number of carbonyl (C=O) groups excluding carboxylic acids is 2. The highest BCUT2D eigenvalue weighted by atomic mass is 16.2. The van der Waals surface area contributed by atoms with Gasteiger partial charge in [0.2, 0.25) is 5.91 Å². The summed E-state index contributed by atoms with van der Waals surface area (Å²) < 4.78 is 0. The summed E-state index contributed by atoms with van der Waals surface area (Å²) in [6.07, 6.45) is 3.11. The van der Waals surface area contributed by atoms with Crippen molar-refractivity contribution in [1.29, 1.82) is 0 Å². The molecule has 1 aliphatic heterocycles. The van der Waals surface area contributed by atoms with E-state index in [1.54, 1.807) is 18.2 Å². The van der Waals surface area contributed by atoms with Crippen molar-refractivity contribution < 1.29 is 9.59 Å². The number of hydrogen-bond donors (Lipinski definition) is 2. The van der Waals surface area contributed by atoms with E-state index in [9.17, 15) is 9.59 Å². The van der Waals surface area contributed by atoms with E-state index < -0.39 is 5.91 Å².